The molecule has 0 radical (unpaired) electrons. The third kappa shape index (κ3) is 3.50. The lowest BCUT2D eigenvalue weighted by Crippen LogP contribution is -2.34. The van der Waals surface area contributed by atoms with E-state index in [0.29, 0.717) is 17.6 Å². The van der Waals surface area contributed by atoms with Crippen LogP contribution in [0.25, 0.3) is 11.0 Å². The first-order valence-corrected chi connectivity index (χ1v) is 7.95. The predicted octanol–water partition coefficient (Wildman–Crippen LogP) is 3.22. The van der Waals surface area contributed by atoms with Crippen molar-refractivity contribution < 1.29 is 13.6 Å². The van der Waals surface area contributed by atoms with Crippen LogP contribution in [-0.4, -0.2) is 20.4 Å². The molecule has 5 nitrogen and oxygen atoms in total. The number of amides is 1. The molecule has 0 saturated heterocycles. The average molecular weight is 344 g/mol. The monoisotopic (exact) mass is 344 g/mol. The summed E-state index contributed by atoms with van der Waals surface area (Å²) < 4.78 is 28.6. The lowest BCUT2D eigenvalue weighted by Gasteiger charge is -2.22. The van der Waals surface area contributed by atoms with Gasteiger partial charge in [-0.25, -0.2) is 13.8 Å². The van der Waals surface area contributed by atoms with Crippen LogP contribution in [0.5, 0.6) is 0 Å². The predicted molar refractivity (Wildman–Crippen MR) is 89.6 cm³/mol. The summed E-state index contributed by atoms with van der Waals surface area (Å²) in [5.41, 5.74) is 1.57. The normalized spacial score (nSPS) is 12.5. The lowest BCUT2D eigenvalue weighted by molar-refractivity contribution is -0.125. The molecule has 0 bridgehead atoms. The summed E-state index contributed by atoms with van der Waals surface area (Å²) in [6.07, 6.45) is 4.78. The zero-order valence-electron chi connectivity index (χ0n) is 13.9. The molecule has 1 atom stereocenters. The van der Waals surface area contributed by atoms with Crippen LogP contribution in [-0.2, 0) is 11.3 Å². The summed E-state index contributed by atoms with van der Waals surface area (Å²) in [4.78, 5) is 20.8. The summed E-state index contributed by atoms with van der Waals surface area (Å²) in [7, 11) is 0. The van der Waals surface area contributed by atoms with Crippen molar-refractivity contribution in [1.82, 2.24) is 19.9 Å². The number of carbonyl (C=O) groups excluding carboxylic acids is 1. The number of rotatable bonds is 5. The van der Waals surface area contributed by atoms with E-state index in [0.717, 1.165) is 17.7 Å². The van der Waals surface area contributed by atoms with Gasteiger partial charge in [-0.05, 0) is 17.5 Å². The van der Waals surface area contributed by atoms with Crippen LogP contribution in [0.15, 0.2) is 43.0 Å². The molecule has 0 spiro atoms. The van der Waals surface area contributed by atoms with Crippen molar-refractivity contribution in [2.24, 2.45) is 5.92 Å². The molecular formula is C18H18F2N4O. The van der Waals surface area contributed by atoms with E-state index < -0.39 is 17.7 Å². The van der Waals surface area contributed by atoms with E-state index in [1.165, 1.54) is 6.33 Å². The number of hydrogen-bond donors (Lipinski definition) is 1. The number of benzene rings is 1. The quantitative estimate of drug-likeness (QED) is 0.773. The van der Waals surface area contributed by atoms with Gasteiger partial charge in [0.1, 0.15) is 6.04 Å². The smallest absolute Gasteiger partial charge is 0.243 e. The minimum absolute atomic E-state index is 0.0700. The molecule has 1 amide bonds. The molecule has 1 N–H and O–H groups in total. The van der Waals surface area contributed by atoms with Gasteiger partial charge in [0.05, 0.1) is 17.4 Å². The van der Waals surface area contributed by atoms with Crippen LogP contribution in [0.1, 0.15) is 25.5 Å². The third-order valence-corrected chi connectivity index (χ3v) is 4.01. The van der Waals surface area contributed by atoms with Crippen LogP contribution in [0.4, 0.5) is 8.78 Å². The number of imidazole rings is 1. The highest BCUT2D eigenvalue weighted by atomic mass is 19.2. The van der Waals surface area contributed by atoms with Crippen molar-refractivity contribution in [1.29, 1.82) is 0 Å². The van der Waals surface area contributed by atoms with Gasteiger partial charge >= 0.3 is 0 Å². The number of pyridine rings is 1. The molecule has 1 aromatic carbocycles. The van der Waals surface area contributed by atoms with E-state index in [1.54, 1.807) is 23.0 Å². The van der Waals surface area contributed by atoms with E-state index in [2.05, 4.69) is 15.3 Å². The minimum Gasteiger partial charge on any atom is -0.350 e. The van der Waals surface area contributed by atoms with Crippen molar-refractivity contribution in [2.45, 2.75) is 26.4 Å². The molecule has 2 heterocycles. The van der Waals surface area contributed by atoms with Crippen molar-refractivity contribution in [3.8, 4) is 0 Å². The van der Waals surface area contributed by atoms with Crippen LogP contribution < -0.4 is 5.32 Å². The Morgan fingerprint density at radius 3 is 2.72 bits per heavy atom. The second-order valence-electron chi connectivity index (χ2n) is 6.17. The summed E-state index contributed by atoms with van der Waals surface area (Å²) >= 11 is 0. The number of hydrogen-bond acceptors (Lipinski definition) is 3. The van der Waals surface area contributed by atoms with Gasteiger partial charge < -0.3 is 9.88 Å². The number of fused-ring (bicyclic) bond motifs is 1. The Hall–Kier alpha value is -2.83. The zero-order valence-corrected chi connectivity index (χ0v) is 13.9. The fraction of sp³-hybridized carbons (Fsp3) is 0.278. The first-order valence-electron chi connectivity index (χ1n) is 7.95. The number of nitrogens with one attached hydrogen (secondary N) is 1. The van der Waals surface area contributed by atoms with E-state index in [-0.39, 0.29) is 11.8 Å². The van der Waals surface area contributed by atoms with Crippen LogP contribution in [0.3, 0.4) is 0 Å². The third-order valence-electron chi connectivity index (χ3n) is 4.01. The lowest BCUT2D eigenvalue weighted by atomic mass is 10.0. The molecule has 0 aliphatic heterocycles. The number of carbonyl (C=O) groups is 1. The van der Waals surface area contributed by atoms with Gasteiger partial charge in [0.2, 0.25) is 5.91 Å². The molecule has 7 heteroatoms. The fourth-order valence-corrected chi connectivity index (χ4v) is 2.79. The Balaban J connectivity index is 1.88. The molecule has 0 aliphatic carbocycles. The molecular weight excluding hydrogens is 326 g/mol. The molecule has 130 valence electrons. The summed E-state index contributed by atoms with van der Waals surface area (Å²) in [6.45, 7) is 4.12. The fourth-order valence-electron chi connectivity index (χ4n) is 2.79. The minimum atomic E-state index is -0.965. The SMILES string of the molecule is CC(C)[C@@H](C(=O)NCc1cccnc1)n1cnc2cc(F)c(F)cc21. The molecule has 0 saturated carbocycles. The maximum Gasteiger partial charge on any atom is 0.243 e. The summed E-state index contributed by atoms with van der Waals surface area (Å²) in [5, 5.41) is 2.86. The molecule has 2 aromatic heterocycles. The molecule has 3 aromatic rings. The van der Waals surface area contributed by atoms with Crippen molar-refractivity contribution in [3.63, 3.8) is 0 Å². The largest absolute Gasteiger partial charge is 0.350 e. The highest BCUT2D eigenvalue weighted by molar-refractivity contribution is 5.84. The molecule has 0 aliphatic rings. The standard InChI is InChI=1S/C18H18F2N4O/c1-11(2)17(18(25)22-9-12-4-3-5-21-8-12)24-10-23-15-6-13(19)14(20)7-16(15)24/h3-8,10-11,17H,9H2,1-2H3,(H,22,25)/t17-/m0/s1. The number of nitrogens with zero attached hydrogens (tertiary/aromatic N) is 3. The Morgan fingerprint density at radius 1 is 1.28 bits per heavy atom. The second kappa shape index (κ2) is 6.96. The van der Waals surface area contributed by atoms with E-state index in [4.69, 9.17) is 0 Å². The Bertz CT molecular complexity index is 893. The first-order chi connectivity index (χ1) is 12.0. The number of aromatic nitrogens is 3. The van der Waals surface area contributed by atoms with E-state index in [1.807, 2.05) is 19.9 Å². The van der Waals surface area contributed by atoms with Crippen molar-refractivity contribution >= 4 is 16.9 Å². The van der Waals surface area contributed by atoms with Gasteiger partial charge in [-0.15, -0.1) is 0 Å². The maximum atomic E-state index is 13.6. The molecule has 3 rings (SSSR count). The number of halogens is 2. The van der Waals surface area contributed by atoms with E-state index >= 15 is 0 Å². The van der Waals surface area contributed by atoms with Gasteiger partial charge in [-0.1, -0.05) is 19.9 Å². The Kier molecular flexibility index (Phi) is 4.74. The molecule has 0 fully saturated rings. The van der Waals surface area contributed by atoms with Crippen LogP contribution >= 0.6 is 0 Å². The van der Waals surface area contributed by atoms with Gasteiger partial charge in [-0.2, -0.15) is 0 Å². The Morgan fingerprint density at radius 2 is 2.04 bits per heavy atom. The average Bonchev–Trinajstić information content (AvgIpc) is 2.97. The van der Waals surface area contributed by atoms with Crippen LogP contribution in [0.2, 0.25) is 0 Å². The van der Waals surface area contributed by atoms with Crippen molar-refractivity contribution in [3.05, 3.63) is 60.2 Å². The van der Waals surface area contributed by atoms with Crippen LogP contribution in [0, 0.1) is 17.6 Å². The van der Waals surface area contributed by atoms with Gasteiger partial charge in [0.25, 0.3) is 0 Å². The summed E-state index contributed by atoms with van der Waals surface area (Å²) in [5.74, 6) is -2.21. The maximum absolute atomic E-state index is 13.6. The highest BCUT2D eigenvalue weighted by Crippen LogP contribution is 2.25. The van der Waals surface area contributed by atoms with Gasteiger partial charge in [-0.3, -0.25) is 9.78 Å². The topological polar surface area (TPSA) is 59.8 Å². The van der Waals surface area contributed by atoms with Crippen molar-refractivity contribution in [2.75, 3.05) is 0 Å². The Labute approximate surface area is 143 Å². The first kappa shape index (κ1) is 17.0. The van der Waals surface area contributed by atoms with E-state index in [9.17, 15) is 13.6 Å². The molecule has 25 heavy (non-hydrogen) atoms. The van der Waals surface area contributed by atoms with Gasteiger partial charge in [0.15, 0.2) is 11.6 Å². The zero-order chi connectivity index (χ0) is 18.0. The highest BCUT2D eigenvalue weighted by Gasteiger charge is 2.26. The molecule has 0 unspecified atom stereocenters. The second-order valence-corrected chi connectivity index (χ2v) is 6.17. The van der Waals surface area contributed by atoms with Gasteiger partial charge in [0, 0.05) is 31.1 Å². The summed E-state index contributed by atoms with van der Waals surface area (Å²) in [6, 6.07) is 5.17.